The van der Waals surface area contributed by atoms with Gasteiger partial charge < -0.3 is 19.7 Å². The van der Waals surface area contributed by atoms with Crippen molar-refractivity contribution in [3.63, 3.8) is 0 Å². The van der Waals surface area contributed by atoms with Gasteiger partial charge in [0.1, 0.15) is 5.69 Å². The lowest BCUT2D eigenvalue weighted by Gasteiger charge is -2.45. The molecule has 0 spiro atoms. The van der Waals surface area contributed by atoms with E-state index in [2.05, 4.69) is 27.4 Å². The van der Waals surface area contributed by atoms with E-state index in [1.54, 1.807) is 10.9 Å². The molecule has 6 rings (SSSR count). The van der Waals surface area contributed by atoms with Crippen LogP contribution in [0.3, 0.4) is 0 Å². The molecule has 1 aliphatic carbocycles. The number of hydrogen-bond donors (Lipinski definition) is 2. The highest BCUT2D eigenvalue weighted by atomic mass is 16.7. The lowest BCUT2D eigenvalue weighted by molar-refractivity contribution is 0.0491. The summed E-state index contributed by atoms with van der Waals surface area (Å²) in [7, 11) is 0. The Labute approximate surface area is 155 Å². The Hall–Kier alpha value is -2.42. The molecule has 1 aromatic carbocycles. The van der Waals surface area contributed by atoms with Crippen molar-refractivity contribution < 1.29 is 19.7 Å². The van der Waals surface area contributed by atoms with E-state index in [9.17, 15) is 10.2 Å². The number of aromatic nitrogens is 3. The van der Waals surface area contributed by atoms with E-state index < -0.39 is 6.10 Å². The predicted molar refractivity (Wildman–Crippen MR) is 93.2 cm³/mol. The second-order valence-corrected chi connectivity index (χ2v) is 7.67. The number of ether oxygens (including phenoxy) is 2. The zero-order chi connectivity index (χ0) is 18.1. The summed E-state index contributed by atoms with van der Waals surface area (Å²) in [6.07, 6.45) is 4.19. The number of rotatable bonds is 2. The van der Waals surface area contributed by atoms with Crippen LogP contribution < -0.4 is 9.47 Å². The van der Waals surface area contributed by atoms with Gasteiger partial charge in [-0.2, -0.15) is 0 Å². The Balaban J connectivity index is 1.48. The van der Waals surface area contributed by atoms with Crippen molar-refractivity contribution >= 4 is 0 Å². The Bertz CT molecular complexity index is 955. The molecule has 1 fully saturated rings. The highest BCUT2D eigenvalue weighted by Crippen LogP contribution is 2.51. The van der Waals surface area contributed by atoms with Crippen LogP contribution in [0, 0.1) is 0 Å². The van der Waals surface area contributed by atoms with E-state index in [0.29, 0.717) is 5.69 Å². The highest BCUT2D eigenvalue weighted by molar-refractivity contribution is 5.53. The third kappa shape index (κ3) is 2.14. The molecule has 4 atom stereocenters. The largest absolute Gasteiger partial charge is 0.454 e. The monoisotopic (exact) mass is 368 g/mol. The molecule has 140 valence electrons. The van der Waals surface area contributed by atoms with Crippen molar-refractivity contribution in [2.45, 2.75) is 43.7 Å². The van der Waals surface area contributed by atoms with Crippen molar-refractivity contribution in [2.24, 2.45) is 0 Å². The fourth-order valence-corrected chi connectivity index (χ4v) is 5.11. The summed E-state index contributed by atoms with van der Waals surface area (Å²) in [5, 5.41) is 28.8. The van der Waals surface area contributed by atoms with E-state index >= 15 is 0 Å². The van der Waals surface area contributed by atoms with Crippen LogP contribution in [0.2, 0.25) is 0 Å². The molecule has 0 bridgehead atoms. The number of fused-ring (bicyclic) bond motifs is 3. The van der Waals surface area contributed by atoms with Crippen LogP contribution in [-0.2, 0) is 13.2 Å². The fraction of sp³-hybridized carbons (Fsp3) is 0.474. The molecule has 27 heavy (non-hydrogen) atoms. The Morgan fingerprint density at radius 1 is 1.22 bits per heavy atom. The van der Waals surface area contributed by atoms with Gasteiger partial charge in [0, 0.05) is 25.0 Å². The second-order valence-electron chi connectivity index (χ2n) is 7.67. The number of aliphatic hydroxyl groups is 2. The van der Waals surface area contributed by atoms with Gasteiger partial charge in [-0.1, -0.05) is 16.9 Å². The van der Waals surface area contributed by atoms with Gasteiger partial charge in [0.05, 0.1) is 24.9 Å². The minimum Gasteiger partial charge on any atom is -0.454 e. The Morgan fingerprint density at radius 2 is 2.07 bits per heavy atom. The molecule has 8 heteroatoms. The zero-order valence-electron chi connectivity index (χ0n) is 14.7. The highest BCUT2D eigenvalue weighted by Gasteiger charge is 2.49. The van der Waals surface area contributed by atoms with Gasteiger partial charge in [-0.15, -0.1) is 5.10 Å². The third-order valence-corrected chi connectivity index (χ3v) is 6.30. The molecule has 2 N–H and O–H groups in total. The van der Waals surface area contributed by atoms with E-state index in [0.717, 1.165) is 36.6 Å². The standard InChI is InChI=1S/C19H20N4O4/c24-8-12-7-23(21-20-12)14-3-10-1-2-22-6-11-4-15-16(27-9-26-15)5-13(11)17(18(10)22)19(14)25/h3-5,7,14,17-19,24-25H,1-2,6,8-9H2/t14?,17-,18?,19+/m0/s1. The van der Waals surface area contributed by atoms with Crippen LogP contribution in [0.25, 0.3) is 0 Å². The van der Waals surface area contributed by atoms with Crippen molar-refractivity contribution in [1.82, 2.24) is 19.9 Å². The summed E-state index contributed by atoms with van der Waals surface area (Å²) >= 11 is 0. The molecular weight excluding hydrogens is 348 g/mol. The van der Waals surface area contributed by atoms with Gasteiger partial charge in [-0.25, -0.2) is 4.68 Å². The maximum Gasteiger partial charge on any atom is 0.231 e. The van der Waals surface area contributed by atoms with E-state index in [4.69, 9.17) is 9.47 Å². The first-order valence-corrected chi connectivity index (χ1v) is 9.29. The van der Waals surface area contributed by atoms with Crippen molar-refractivity contribution in [1.29, 1.82) is 0 Å². The second kappa shape index (κ2) is 5.54. The summed E-state index contributed by atoms with van der Waals surface area (Å²) in [6.45, 7) is 1.93. The lowest BCUT2D eigenvalue weighted by atomic mass is 9.72. The van der Waals surface area contributed by atoms with Crippen LogP contribution in [0.4, 0.5) is 0 Å². The topological polar surface area (TPSA) is 92.9 Å². The van der Waals surface area contributed by atoms with Gasteiger partial charge in [0.15, 0.2) is 11.5 Å². The summed E-state index contributed by atoms with van der Waals surface area (Å²) in [6, 6.07) is 4.02. The molecule has 0 saturated carbocycles. The maximum absolute atomic E-state index is 11.4. The van der Waals surface area contributed by atoms with Crippen LogP contribution >= 0.6 is 0 Å². The molecule has 2 aromatic rings. The van der Waals surface area contributed by atoms with E-state index in [1.807, 2.05) is 6.07 Å². The number of hydrogen-bond acceptors (Lipinski definition) is 7. The van der Waals surface area contributed by atoms with E-state index in [1.165, 1.54) is 11.1 Å². The molecule has 1 aromatic heterocycles. The van der Waals surface area contributed by atoms with E-state index in [-0.39, 0.29) is 31.4 Å². The fourth-order valence-electron chi connectivity index (χ4n) is 5.11. The molecule has 2 unspecified atom stereocenters. The summed E-state index contributed by atoms with van der Waals surface area (Å²) < 4.78 is 12.8. The lowest BCUT2D eigenvalue weighted by Crippen LogP contribution is -2.48. The van der Waals surface area contributed by atoms with Gasteiger partial charge >= 0.3 is 0 Å². The van der Waals surface area contributed by atoms with Crippen molar-refractivity contribution in [3.8, 4) is 11.5 Å². The quantitative estimate of drug-likeness (QED) is 0.754. The normalized spacial score (nSPS) is 30.8. The van der Waals surface area contributed by atoms with Crippen LogP contribution in [0.5, 0.6) is 11.5 Å². The molecule has 0 amide bonds. The number of nitrogens with zero attached hydrogens (tertiary/aromatic N) is 4. The Morgan fingerprint density at radius 3 is 2.89 bits per heavy atom. The summed E-state index contributed by atoms with van der Waals surface area (Å²) in [5.74, 6) is 1.48. The SMILES string of the molecule is OCc1cn(C2C=C3CCN4Cc5cc6c(cc5[C@@H](C34)[C@@H]2O)OCO6)nn1. The minimum absolute atomic E-state index is 0.0578. The molecule has 4 aliphatic rings. The van der Waals surface area contributed by atoms with Crippen LogP contribution in [0.1, 0.15) is 35.2 Å². The predicted octanol–water partition coefficient (Wildman–Crippen LogP) is 0.713. The zero-order valence-corrected chi connectivity index (χ0v) is 14.7. The third-order valence-electron chi connectivity index (χ3n) is 6.30. The molecule has 0 radical (unpaired) electrons. The Kier molecular flexibility index (Phi) is 3.21. The van der Waals surface area contributed by atoms with Crippen LogP contribution in [0.15, 0.2) is 30.0 Å². The maximum atomic E-state index is 11.4. The number of benzene rings is 1. The average molecular weight is 368 g/mol. The molecule has 3 aliphatic heterocycles. The van der Waals surface area contributed by atoms with Crippen molar-refractivity contribution in [2.75, 3.05) is 13.3 Å². The van der Waals surface area contributed by atoms with Gasteiger partial charge in [0.2, 0.25) is 6.79 Å². The molecule has 1 saturated heterocycles. The first-order valence-electron chi connectivity index (χ1n) is 9.29. The average Bonchev–Trinajstić information content (AvgIpc) is 3.41. The molecule has 8 nitrogen and oxygen atoms in total. The molecule has 4 heterocycles. The summed E-state index contributed by atoms with van der Waals surface area (Å²) in [4.78, 5) is 2.45. The van der Waals surface area contributed by atoms with Gasteiger partial charge in [0.25, 0.3) is 0 Å². The minimum atomic E-state index is -0.646. The first-order chi connectivity index (χ1) is 13.2. The summed E-state index contributed by atoms with van der Waals surface area (Å²) in [5.41, 5.74) is 4.17. The first kappa shape index (κ1) is 15.6. The van der Waals surface area contributed by atoms with Crippen LogP contribution in [-0.4, -0.2) is 55.6 Å². The smallest absolute Gasteiger partial charge is 0.231 e. The molecular formula is C19H20N4O4. The van der Waals surface area contributed by atoms with Gasteiger partial charge in [-0.05, 0) is 29.7 Å². The van der Waals surface area contributed by atoms with Crippen molar-refractivity contribution in [3.05, 3.63) is 46.8 Å². The number of aliphatic hydroxyl groups excluding tert-OH is 2. The van der Waals surface area contributed by atoms with Gasteiger partial charge in [-0.3, -0.25) is 4.90 Å².